The van der Waals surface area contributed by atoms with Crippen molar-refractivity contribution >= 4 is 18.0 Å². The van der Waals surface area contributed by atoms with Crippen molar-refractivity contribution in [2.75, 3.05) is 5.75 Å². The maximum absolute atomic E-state index is 10.6. The number of hydrogen-bond acceptors (Lipinski definition) is 3. The second-order valence-corrected chi connectivity index (χ2v) is 5.15. The van der Waals surface area contributed by atoms with E-state index in [4.69, 9.17) is 5.26 Å². The Bertz CT molecular complexity index is 407. The van der Waals surface area contributed by atoms with E-state index in [2.05, 4.69) is 19.9 Å². The molecule has 1 aromatic carbocycles. The smallest absolute Gasteiger partial charge is 0.150 e. The standard InChI is InChI=1S/C13H15NOS/c1-10(2)5-6-16-13-4-3-11(9-15)7-12(13)8-14/h3-4,7,9-10H,5-6H2,1-2H3. The van der Waals surface area contributed by atoms with Crippen molar-refractivity contribution in [3.8, 4) is 6.07 Å². The summed E-state index contributed by atoms with van der Waals surface area (Å²) in [5.41, 5.74) is 1.16. The number of nitriles is 1. The lowest BCUT2D eigenvalue weighted by Gasteiger charge is -2.06. The van der Waals surface area contributed by atoms with Gasteiger partial charge in [0.1, 0.15) is 12.4 Å². The van der Waals surface area contributed by atoms with E-state index in [9.17, 15) is 4.79 Å². The monoisotopic (exact) mass is 233 g/mol. The van der Waals surface area contributed by atoms with Crippen LogP contribution in [0.5, 0.6) is 0 Å². The van der Waals surface area contributed by atoms with Gasteiger partial charge in [-0.05, 0) is 30.2 Å². The topological polar surface area (TPSA) is 40.9 Å². The first kappa shape index (κ1) is 12.8. The van der Waals surface area contributed by atoms with Crippen molar-refractivity contribution in [3.05, 3.63) is 29.3 Å². The Morgan fingerprint density at radius 1 is 1.50 bits per heavy atom. The summed E-state index contributed by atoms with van der Waals surface area (Å²) in [4.78, 5) is 11.5. The summed E-state index contributed by atoms with van der Waals surface area (Å²) in [7, 11) is 0. The Morgan fingerprint density at radius 2 is 2.25 bits per heavy atom. The van der Waals surface area contributed by atoms with Crippen LogP contribution in [-0.2, 0) is 0 Å². The first-order chi connectivity index (χ1) is 7.67. The van der Waals surface area contributed by atoms with Crippen LogP contribution in [0.2, 0.25) is 0 Å². The predicted octanol–water partition coefficient (Wildman–Crippen LogP) is 3.51. The highest BCUT2D eigenvalue weighted by atomic mass is 32.2. The van der Waals surface area contributed by atoms with Crippen molar-refractivity contribution in [2.24, 2.45) is 5.92 Å². The number of thioether (sulfide) groups is 1. The average molecular weight is 233 g/mol. The molecule has 0 saturated carbocycles. The van der Waals surface area contributed by atoms with Crippen LogP contribution in [0.3, 0.4) is 0 Å². The summed E-state index contributed by atoms with van der Waals surface area (Å²) >= 11 is 1.68. The summed E-state index contributed by atoms with van der Waals surface area (Å²) in [6.45, 7) is 4.36. The normalized spacial score (nSPS) is 10.1. The number of hydrogen-bond donors (Lipinski definition) is 0. The lowest BCUT2D eigenvalue weighted by Crippen LogP contribution is -1.91. The fourth-order valence-electron chi connectivity index (χ4n) is 1.24. The molecule has 0 aromatic heterocycles. The highest BCUT2D eigenvalue weighted by molar-refractivity contribution is 7.99. The van der Waals surface area contributed by atoms with Gasteiger partial charge in [-0.15, -0.1) is 11.8 Å². The Hall–Kier alpha value is -1.27. The lowest BCUT2D eigenvalue weighted by atomic mass is 10.1. The summed E-state index contributed by atoms with van der Waals surface area (Å²) in [6.07, 6.45) is 1.90. The lowest BCUT2D eigenvalue weighted by molar-refractivity contribution is 0.112. The van der Waals surface area contributed by atoms with Crippen LogP contribution >= 0.6 is 11.8 Å². The molecule has 0 aliphatic rings. The van der Waals surface area contributed by atoms with Gasteiger partial charge in [-0.2, -0.15) is 5.26 Å². The molecule has 16 heavy (non-hydrogen) atoms. The predicted molar refractivity (Wildman–Crippen MR) is 66.7 cm³/mol. The number of rotatable bonds is 5. The number of nitrogens with zero attached hydrogens (tertiary/aromatic N) is 1. The fourth-order valence-corrected chi connectivity index (χ4v) is 2.47. The molecule has 0 aliphatic heterocycles. The van der Waals surface area contributed by atoms with E-state index in [0.29, 0.717) is 17.0 Å². The Kier molecular flexibility index (Phi) is 5.07. The Morgan fingerprint density at radius 3 is 2.81 bits per heavy atom. The van der Waals surface area contributed by atoms with Gasteiger partial charge in [0.05, 0.1) is 5.56 Å². The molecule has 0 heterocycles. The summed E-state index contributed by atoms with van der Waals surface area (Å²) < 4.78 is 0. The molecule has 0 bridgehead atoms. The summed E-state index contributed by atoms with van der Waals surface area (Å²) in [6, 6.07) is 7.38. The van der Waals surface area contributed by atoms with Gasteiger partial charge in [0.15, 0.2) is 0 Å². The van der Waals surface area contributed by atoms with E-state index in [1.54, 1.807) is 23.9 Å². The molecular formula is C13H15NOS. The van der Waals surface area contributed by atoms with Gasteiger partial charge < -0.3 is 0 Å². The highest BCUT2D eigenvalue weighted by Crippen LogP contribution is 2.24. The second kappa shape index (κ2) is 6.34. The van der Waals surface area contributed by atoms with Crippen molar-refractivity contribution in [1.29, 1.82) is 5.26 Å². The van der Waals surface area contributed by atoms with E-state index in [1.807, 2.05) is 6.07 Å². The third-order valence-electron chi connectivity index (χ3n) is 2.21. The fraction of sp³-hybridized carbons (Fsp3) is 0.385. The minimum Gasteiger partial charge on any atom is -0.298 e. The molecule has 0 spiro atoms. The van der Waals surface area contributed by atoms with Gasteiger partial charge in [-0.1, -0.05) is 19.9 Å². The van der Waals surface area contributed by atoms with E-state index in [1.165, 1.54) is 0 Å². The summed E-state index contributed by atoms with van der Waals surface area (Å²) in [5, 5.41) is 8.97. The van der Waals surface area contributed by atoms with Crippen LogP contribution in [0.25, 0.3) is 0 Å². The number of aldehydes is 1. The molecule has 0 fully saturated rings. The van der Waals surface area contributed by atoms with Crippen molar-refractivity contribution < 1.29 is 4.79 Å². The second-order valence-electron chi connectivity index (χ2n) is 4.02. The largest absolute Gasteiger partial charge is 0.298 e. The highest BCUT2D eigenvalue weighted by Gasteiger charge is 2.04. The first-order valence-electron chi connectivity index (χ1n) is 5.29. The van der Waals surface area contributed by atoms with Crippen LogP contribution < -0.4 is 0 Å². The van der Waals surface area contributed by atoms with Crippen LogP contribution in [0.1, 0.15) is 36.2 Å². The van der Waals surface area contributed by atoms with Gasteiger partial charge in [0, 0.05) is 10.5 Å². The molecule has 0 aliphatic carbocycles. The molecule has 0 amide bonds. The molecule has 0 saturated heterocycles. The van der Waals surface area contributed by atoms with E-state index >= 15 is 0 Å². The van der Waals surface area contributed by atoms with Crippen molar-refractivity contribution in [2.45, 2.75) is 25.2 Å². The molecule has 0 atom stereocenters. The van der Waals surface area contributed by atoms with E-state index < -0.39 is 0 Å². The zero-order valence-electron chi connectivity index (χ0n) is 9.56. The number of carbonyl (C=O) groups excluding carboxylic acids is 1. The minimum absolute atomic E-state index is 0.560. The maximum atomic E-state index is 10.6. The molecule has 0 unspecified atom stereocenters. The molecule has 1 rings (SSSR count). The molecular weight excluding hydrogens is 218 g/mol. The minimum atomic E-state index is 0.560. The zero-order valence-corrected chi connectivity index (χ0v) is 10.4. The Balaban J connectivity index is 2.73. The Labute approximate surface area is 101 Å². The molecule has 3 heteroatoms. The molecule has 84 valence electrons. The van der Waals surface area contributed by atoms with Crippen LogP contribution in [0.15, 0.2) is 23.1 Å². The number of benzene rings is 1. The van der Waals surface area contributed by atoms with E-state index in [-0.39, 0.29) is 0 Å². The quantitative estimate of drug-likeness (QED) is 0.577. The van der Waals surface area contributed by atoms with Gasteiger partial charge in [-0.3, -0.25) is 4.79 Å². The van der Waals surface area contributed by atoms with Gasteiger partial charge in [0.2, 0.25) is 0 Å². The first-order valence-corrected chi connectivity index (χ1v) is 6.28. The van der Waals surface area contributed by atoms with Crippen molar-refractivity contribution in [3.63, 3.8) is 0 Å². The van der Waals surface area contributed by atoms with Gasteiger partial charge >= 0.3 is 0 Å². The average Bonchev–Trinajstić information content (AvgIpc) is 2.29. The molecule has 0 radical (unpaired) electrons. The summed E-state index contributed by atoms with van der Waals surface area (Å²) in [5.74, 6) is 1.68. The van der Waals surface area contributed by atoms with Gasteiger partial charge in [0.25, 0.3) is 0 Å². The zero-order chi connectivity index (χ0) is 12.0. The van der Waals surface area contributed by atoms with Crippen LogP contribution in [-0.4, -0.2) is 12.0 Å². The third kappa shape index (κ3) is 3.71. The third-order valence-corrected chi connectivity index (χ3v) is 3.32. The molecule has 0 N–H and O–H groups in total. The van der Waals surface area contributed by atoms with E-state index in [0.717, 1.165) is 23.4 Å². The molecule has 1 aromatic rings. The van der Waals surface area contributed by atoms with Gasteiger partial charge in [-0.25, -0.2) is 0 Å². The van der Waals surface area contributed by atoms with Crippen molar-refractivity contribution in [1.82, 2.24) is 0 Å². The molecule has 2 nitrogen and oxygen atoms in total. The van der Waals surface area contributed by atoms with Crippen LogP contribution in [0.4, 0.5) is 0 Å². The number of carbonyl (C=O) groups is 1. The van der Waals surface area contributed by atoms with Crippen LogP contribution in [0, 0.1) is 17.2 Å². The SMILES string of the molecule is CC(C)CCSc1ccc(C=O)cc1C#N. The maximum Gasteiger partial charge on any atom is 0.150 e.